The van der Waals surface area contributed by atoms with Gasteiger partial charge in [-0.2, -0.15) is 0 Å². The first-order valence-corrected chi connectivity index (χ1v) is 4.29. The van der Waals surface area contributed by atoms with E-state index in [2.05, 4.69) is 23.4 Å². The molecule has 0 unspecified atom stereocenters. The van der Waals surface area contributed by atoms with Crippen LogP contribution in [0.1, 0.15) is 11.3 Å². The predicted octanol–water partition coefficient (Wildman–Crippen LogP) is 1.77. The molecule has 0 aliphatic heterocycles. The molecule has 3 heteroatoms. The number of anilines is 1. The maximum atomic E-state index is 5.89. The Morgan fingerprint density at radius 1 is 1.38 bits per heavy atom. The summed E-state index contributed by atoms with van der Waals surface area (Å²) < 4.78 is 2.07. The molecule has 0 amide bonds. The van der Waals surface area contributed by atoms with Crippen molar-refractivity contribution >= 4 is 16.7 Å². The van der Waals surface area contributed by atoms with Crippen LogP contribution >= 0.6 is 0 Å². The molecule has 2 rings (SSSR count). The molecule has 0 atom stereocenters. The Bertz CT molecular complexity index is 468. The summed E-state index contributed by atoms with van der Waals surface area (Å²) in [4.78, 5) is 4.31. The van der Waals surface area contributed by atoms with E-state index in [1.165, 1.54) is 11.3 Å². The summed E-state index contributed by atoms with van der Waals surface area (Å²) in [6, 6.07) is 1.84. The van der Waals surface area contributed by atoms with Crippen molar-refractivity contribution in [1.29, 1.82) is 0 Å². The largest absolute Gasteiger partial charge is 0.398 e. The van der Waals surface area contributed by atoms with Crippen molar-refractivity contribution in [1.82, 2.24) is 9.55 Å². The predicted molar refractivity (Wildman–Crippen MR) is 54.6 cm³/mol. The molecule has 3 nitrogen and oxygen atoms in total. The van der Waals surface area contributed by atoms with E-state index in [-0.39, 0.29) is 0 Å². The number of nitrogens with two attached hydrogens (primary N) is 1. The Morgan fingerprint density at radius 2 is 2.08 bits per heavy atom. The van der Waals surface area contributed by atoms with Crippen LogP contribution in [-0.4, -0.2) is 9.55 Å². The quantitative estimate of drug-likeness (QED) is 0.663. The van der Waals surface area contributed by atoms with Crippen LogP contribution < -0.4 is 5.73 Å². The second kappa shape index (κ2) is 2.49. The van der Waals surface area contributed by atoms with E-state index >= 15 is 0 Å². The molecule has 0 aromatic carbocycles. The number of rotatable bonds is 0. The smallest absolute Gasteiger partial charge is 0.142 e. The van der Waals surface area contributed by atoms with Crippen LogP contribution in [0.25, 0.3) is 11.0 Å². The Labute approximate surface area is 77.2 Å². The van der Waals surface area contributed by atoms with E-state index in [0.29, 0.717) is 0 Å². The van der Waals surface area contributed by atoms with Crippen molar-refractivity contribution in [3.05, 3.63) is 23.5 Å². The summed E-state index contributed by atoms with van der Waals surface area (Å²) in [6.45, 7) is 4.16. The third-order valence-corrected chi connectivity index (χ3v) is 2.70. The molecule has 2 aromatic heterocycles. The summed E-state index contributed by atoms with van der Waals surface area (Å²) in [5.41, 5.74) is 10.1. The minimum atomic E-state index is 0.811. The average Bonchev–Trinajstić information content (AvgIpc) is 2.33. The minimum absolute atomic E-state index is 0.811. The first-order valence-electron chi connectivity index (χ1n) is 4.29. The Morgan fingerprint density at radius 3 is 2.69 bits per heavy atom. The normalized spacial score (nSPS) is 11.0. The summed E-state index contributed by atoms with van der Waals surface area (Å²) in [5, 5.41) is 1.09. The van der Waals surface area contributed by atoms with Crippen molar-refractivity contribution in [3.8, 4) is 0 Å². The molecule has 2 N–H and O–H groups in total. The molecular weight excluding hydrogens is 162 g/mol. The molecule has 0 fully saturated rings. The van der Waals surface area contributed by atoms with E-state index in [4.69, 9.17) is 5.73 Å². The number of hydrogen-bond donors (Lipinski definition) is 1. The van der Waals surface area contributed by atoms with Gasteiger partial charge in [-0.3, -0.25) is 0 Å². The van der Waals surface area contributed by atoms with Crippen molar-refractivity contribution in [2.45, 2.75) is 13.8 Å². The first-order chi connectivity index (χ1) is 6.13. The number of fused-ring (bicyclic) bond motifs is 1. The van der Waals surface area contributed by atoms with Crippen LogP contribution in [0.3, 0.4) is 0 Å². The van der Waals surface area contributed by atoms with Gasteiger partial charge >= 0.3 is 0 Å². The number of nitrogen functional groups attached to an aromatic ring is 1. The average molecular weight is 175 g/mol. The Hall–Kier alpha value is -1.51. The summed E-state index contributed by atoms with van der Waals surface area (Å²) in [5.74, 6) is 0. The topological polar surface area (TPSA) is 43.8 Å². The summed E-state index contributed by atoms with van der Waals surface area (Å²) in [7, 11) is 2.01. The highest BCUT2D eigenvalue weighted by Crippen LogP contribution is 2.26. The van der Waals surface area contributed by atoms with Crippen LogP contribution in [0.15, 0.2) is 12.3 Å². The zero-order chi connectivity index (χ0) is 9.59. The van der Waals surface area contributed by atoms with Crippen molar-refractivity contribution < 1.29 is 0 Å². The molecule has 0 radical (unpaired) electrons. The van der Waals surface area contributed by atoms with Gasteiger partial charge in [0.25, 0.3) is 0 Å². The van der Waals surface area contributed by atoms with E-state index in [9.17, 15) is 0 Å². The molecule has 68 valence electrons. The van der Waals surface area contributed by atoms with E-state index in [0.717, 1.165) is 16.7 Å². The number of pyridine rings is 1. The lowest BCUT2D eigenvalue weighted by atomic mass is 10.2. The van der Waals surface area contributed by atoms with Gasteiger partial charge in [-0.15, -0.1) is 0 Å². The molecule has 0 aliphatic carbocycles. The van der Waals surface area contributed by atoms with Crippen LogP contribution in [0, 0.1) is 13.8 Å². The zero-order valence-electron chi connectivity index (χ0n) is 8.13. The second-order valence-electron chi connectivity index (χ2n) is 3.37. The van der Waals surface area contributed by atoms with E-state index < -0.39 is 0 Å². The first kappa shape index (κ1) is 8.10. The monoisotopic (exact) mass is 175 g/mol. The Balaban J connectivity index is 3.03. The SMILES string of the molecule is Cc1c(C)n(C)c2nccc(N)c12. The summed E-state index contributed by atoms with van der Waals surface area (Å²) in [6.07, 6.45) is 1.75. The molecular formula is C10H13N3. The highest BCUT2D eigenvalue weighted by Gasteiger charge is 2.10. The van der Waals surface area contributed by atoms with E-state index in [1.54, 1.807) is 6.20 Å². The minimum Gasteiger partial charge on any atom is -0.398 e. The van der Waals surface area contributed by atoms with Crippen molar-refractivity contribution in [3.63, 3.8) is 0 Å². The number of aryl methyl sites for hydroxylation is 2. The lowest BCUT2D eigenvalue weighted by Gasteiger charge is -1.97. The lowest BCUT2D eigenvalue weighted by Crippen LogP contribution is -1.92. The fourth-order valence-corrected chi connectivity index (χ4v) is 1.69. The maximum Gasteiger partial charge on any atom is 0.142 e. The zero-order valence-corrected chi connectivity index (χ0v) is 8.13. The molecule has 0 saturated carbocycles. The molecule has 2 aromatic rings. The van der Waals surface area contributed by atoms with Crippen molar-refractivity contribution in [2.75, 3.05) is 5.73 Å². The van der Waals surface area contributed by atoms with Gasteiger partial charge < -0.3 is 10.3 Å². The molecule has 0 saturated heterocycles. The van der Waals surface area contributed by atoms with E-state index in [1.807, 2.05) is 13.1 Å². The van der Waals surface area contributed by atoms with Gasteiger partial charge in [0.2, 0.25) is 0 Å². The second-order valence-corrected chi connectivity index (χ2v) is 3.37. The van der Waals surface area contributed by atoms with Crippen molar-refractivity contribution in [2.24, 2.45) is 7.05 Å². The third-order valence-electron chi connectivity index (χ3n) is 2.70. The van der Waals surface area contributed by atoms with Crippen LogP contribution in [0.2, 0.25) is 0 Å². The molecule has 0 spiro atoms. The highest BCUT2D eigenvalue weighted by atomic mass is 15.0. The van der Waals surface area contributed by atoms with Gasteiger partial charge in [-0.1, -0.05) is 0 Å². The standard InChI is InChI=1S/C10H13N3/c1-6-7(2)13(3)10-9(6)8(11)4-5-12-10/h4-5H,1-3H3,(H2,11,12). The van der Waals surface area contributed by atoms with Crippen LogP contribution in [-0.2, 0) is 7.05 Å². The molecule has 0 bridgehead atoms. The molecule has 13 heavy (non-hydrogen) atoms. The number of nitrogens with zero attached hydrogens (tertiary/aromatic N) is 2. The molecule has 2 heterocycles. The lowest BCUT2D eigenvalue weighted by molar-refractivity contribution is 0.895. The summed E-state index contributed by atoms with van der Waals surface area (Å²) >= 11 is 0. The third kappa shape index (κ3) is 0.932. The number of aromatic nitrogens is 2. The van der Waals surface area contributed by atoms with Crippen LogP contribution in [0.5, 0.6) is 0 Å². The fraction of sp³-hybridized carbons (Fsp3) is 0.300. The van der Waals surface area contributed by atoms with Gasteiger partial charge in [0.1, 0.15) is 5.65 Å². The van der Waals surface area contributed by atoms with Crippen LogP contribution in [0.4, 0.5) is 5.69 Å². The molecule has 0 aliphatic rings. The van der Waals surface area contributed by atoms with Gasteiger partial charge in [-0.25, -0.2) is 4.98 Å². The van der Waals surface area contributed by atoms with Gasteiger partial charge in [0, 0.05) is 30.0 Å². The maximum absolute atomic E-state index is 5.89. The Kier molecular flexibility index (Phi) is 1.55. The van der Waals surface area contributed by atoms with Gasteiger partial charge in [0.05, 0.1) is 0 Å². The fourth-order valence-electron chi connectivity index (χ4n) is 1.69. The van der Waals surface area contributed by atoms with Gasteiger partial charge in [0.15, 0.2) is 0 Å². The highest BCUT2D eigenvalue weighted by molar-refractivity contribution is 5.92. The van der Waals surface area contributed by atoms with Gasteiger partial charge in [-0.05, 0) is 25.5 Å². The number of hydrogen-bond acceptors (Lipinski definition) is 2.